The van der Waals surface area contributed by atoms with Crippen LogP contribution in [0.4, 0.5) is 5.69 Å². The van der Waals surface area contributed by atoms with Crippen LogP contribution in [-0.2, 0) is 4.74 Å². The highest BCUT2D eigenvalue weighted by molar-refractivity contribution is 5.98. The van der Waals surface area contributed by atoms with Crippen molar-refractivity contribution in [1.82, 2.24) is 9.88 Å². The van der Waals surface area contributed by atoms with Crippen LogP contribution < -0.4 is 5.73 Å². The van der Waals surface area contributed by atoms with Crippen molar-refractivity contribution in [3.63, 3.8) is 0 Å². The molecule has 1 aromatic heterocycles. The number of anilines is 1. The van der Waals surface area contributed by atoms with Crippen molar-refractivity contribution in [3.05, 3.63) is 24.0 Å². The maximum absolute atomic E-state index is 12.3. The number of carbonyl (C=O) groups is 1. The first-order valence-corrected chi connectivity index (χ1v) is 5.79. The summed E-state index contributed by atoms with van der Waals surface area (Å²) in [7, 11) is 0. The highest BCUT2D eigenvalue weighted by atomic mass is 16.5. The molecule has 1 aliphatic rings. The summed E-state index contributed by atoms with van der Waals surface area (Å²) in [4.78, 5) is 18.0. The Hall–Kier alpha value is -1.62. The molecule has 0 radical (unpaired) electrons. The van der Waals surface area contributed by atoms with E-state index in [-0.39, 0.29) is 12.0 Å². The van der Waals surface area contributed by atoms with Crippen LogP contribution in [0.15, 0.2) is 18.5 Å². The summed E-state index contributed by atoms with van der Waals surface area (Å²) in [5, 5.41) is 0. The lowest BCUT2D eigenvalue weighted by atomic mass is 10.2. The van der Waals surface area contributed by atoms with Gasteiger partial charge in [-0.25, -0.2) is 0 Å². The van der Waals surface area contributed by atoms with Crippen LogP contribution >= 0.6 is 0 Å². The standard InChI is InChI=1S/C12H17N3O2/c1-9-8-15(5-2-6-17-9)12(16)10-7-14-4-3-11(10)13/h3-4,7,9H,2,5-6,8H2,1H3,(H2,13,14)/t9-/m1/s1. The Morgan fingerprint density at radius 1 is 1.65 bits per heavy atom. The number of aromatic nitrogens is 1. The summed E-state index contributed by atoms with van der Waals surface area (Å²) in [6.07, 6.45) is 4.03. The van der Waals surface area contributed by atoms with Crippen LogP contribution in [0, 0.1) is 0 Å². The van der Waals surface area contributed by atoms with E-state index in [2.05, 4.69) is 4.98 Å². The summed E-state index contributed by atoms with van der Waals surface area (Å²) >= 11 is 0. The molecule has 0 aliphatic carbocycles. The second kappa shape index (κ2) is 5.14. The average molecular weight is 235 g/mol. The smallest absolute Gasteiger partial charge is 0.257 e. The van der Waals surface area contributed by atoms with Gasteiger partial charge in [0.25, 0.3) is 5.91 Å². The van der Waals surface area contributed by atoms with Crippen LogP contribution in [-0.4, -0.2) is 41.6 Å². The molecule has 0 spiro atoms. The molecule has 1 fully saturated rings. The number of pyridine rings is 1. The third-order valence-corrected chi connectivity index (χ3v) is 2.82. The Morgan fingerprint density at radius 3 is 3.24 bits per heavy atom. The molecule has 1 amide bonds. The van der Waals surface area contributed by atoms with Crippen LogP contribution in [0.2, 0.25) is 0 Å². The fourth-order valence-corrected chi connectivity index (χ4v) is 1.93. The quantitative estimate of drug-likeness (QED) is 0.785. The molecule has 2 N–H and O–H groups in total. The summed E-state index contributed by atoms with van der Waals surface area (Å²) in [5.74, 6) is -0.0621. The normalized spacial score (nSPS) is 21.0. The molecule has 1 saturated heterocycles. The van der Waals surface area contributed by atoms with E-state index in [1.807, 2.05) is 6.92 Å². The van der Waals surface area contributed by atoms with Crippen LogP contribution in [0.1, 0.15) is 23.7 Å². The average Bonchev–Trinajstić information content (AvgIpc) is 2.54. The van der Waals surface area contributed by atoms with Gasteiger partial charge in [-0.1, -0.05) is 0 Å². The van der Waals surface area contributed by atoms with Crippen molar-refractivity contribution in [3.8, 4) is 0 Å². The summed E-state index contributed by atoms with van der Waals surface area (Å²) < 4.78 is 5.51. The van der Waals surface area contributed by atoms with Crippen LogP contribution in [0.5, 0.6) is 0 Å². The number of nitrogens with zero attached hydrogens (tertiary/aromatic N) is 2. The number of hydrogen-bond acceptors (Lipinski definition) is 4. The van der Waals surface area contributed by atoms with E-state index in [4.69, 9.17) is 10.5 Å². The minimum Gasteiger partial charge on any atom is -0.398 e. The zero-order valence-corrected chi connectivity index (χ0v) is 9.93. The summed E-state index contributed by atoms with van der Waals surface area (Å²) in [5.41, 5.74) is 6.73. The van der Waals surface area contributed by atoms with Gasteiger partial charge in [0.15, 0.2) is 0 Å². The highest BCUT2D eigenvalue weighted by Crippen LogP contribution is 2.14. The number of nitrogens with two attached hydrogens (primary N) is 1. The number of amides is 1. The second-order valence-corrected chi connectivity index (χ2v) is 4.25. The van der Waals surface area contributed by atoms with E-state index >= 15 is 0 Å². The molecule has 17 heavy (non-hydrogen) atoms. The third kappa shape index (κ3) is 2.74. The SMILES string of the molecule is C[C@@H]1CN(C(=O)c2cnccc2N)CCCO1. The molecule has 0 bridgehead atoms. The largest absolute Gasteiger partial charge is 0.398 e. The van der Waals surface area contributed by atoms with Crippen LogP contribution in [0.3, 0.4) is 0 Å². The van der Waals surface area contributed by atoms with Crippen molar-refractivity contribution < 1.29 is 9.53 Å². The predicted molar refractivity (Wildman–Crippen MR) is 64.6 cm³/mol. The van der Waals surface area contributed by atoms with E-state index in [9.17, 15) is 4.79 Å². The molecule has 2 heterocycles. The topological polar surface area (TPSA) is 68.5 Å². The summed E-state index contributed by atoms with van der Waals surface area (Å²) in [6, 6.07) is 1.64. The highest BCUT2D eigenvalue weighted by Gasteiger charge is 2.22. The number of ether oxygens (including phenoxy) is 1. The van der Waals surface area contributed by atoms with Gasteiger partial charge in [-0.05, 0) is 19.4 Å². The molecular formula is C12H17N3O2. The first kappa shape index (κ1) is 11.9. The van der Waals surface area contributed by atoms with E-state index in [1.54, 1.807) is 17.2 Å². The van der Waals surface area contributed by atoms with Gasteiger partial charge in [0.05, 0.1) is 11.7 Å². The van der Waals surface area contributed by atoms with Gasteiger partial charge >= 0.3 is 0 Å². The van der Waals surface area contributed by atoms with Gasteiger partial charge in [0, 0.05) is 37.8 Å². The maximum Gasteiger partial charge on any atom is 0.257 e. The number of nitrogen functional groups attached to an aromatic ring is 1. The molecule has 0 saturated carbocycles. The molecule has 5 nitrogen and oxygen atoms in total. The third-order valence-electron chi connectivity index (χ3n) is 2.82. The Balaban J connectivity index is 2.16. The van der Waals surface area contributed by atoms with Gasteiger partial charge in [0.1, 0.15) is 0 Å². The van der Waals surface area contributed by atoms with E-state index in [0.29, 0.717) is 30.9 Å². The van der Waals surface area contributed by atoms with Gasteiger partial charge in [-0.2, -0.15) is 0 Å². The monoisotopic (exact) mass is 235 g/mol. The number of rotatable bonds is 1. The lowest BCUT2D eigenvalue weighted by Crippen LogP contribution is -2.36. The van der Waals surface area contributed by atoms with Gasteiger partial charge in [0.2, 0.25) is 0 Å². The molecular weight excluding hydrogens is 218 g/mol. The Kier molecular flexibility index (Phi) is 3.58. The van der Waals surface area contributed by atoms with E-state index in [0.717, 1.165) is 6.42 Å². The maximum atomic E-state index is 12.3. The second-order valence-electron chi connectivity index (χ2n) is 4.25. The minimum absolute atomic E-state index is 0.0621. The van der Waals surface area contributed by atoms with Crippen molar-refractivity contribution in [1.29, 1.82) is 0 Å². The van der Waals surface area contributed by atoms with Gasteiger partial charge in [-0.15, -0.1) is 0 Å². The minimum atomic E-state index is -0.0621. The first-order valence-electron chi connectivity index (χ1n) is 5.79. The van der Waals surface area contributed by atoms with Gasteiger partial charge < -0.3 is 15.4 Å². The van der Waals surface area contributed by atoms with Crippen LogP contribution in [0.25, 0.3) is 0 Å². The molecule has 92 valence electrons. The Bertz CT molecular complexity index is 408. The molecule has 5 heteroatoms. The van der Waals surface area contributed by atoms with E-state index < -0.39 is 0 Å². The van der Waals surface area contributed by atoms with Crippen molar-refractivity contribution in [2.75, 3.05) is 25.4 Å². The molecule has 1 aliphatic heterocycles. The van der Waals surface area contributed by atoms with E-state index in [1.165, 1.54) is 6.20 Å². The Morgan fingerprint density at radius 2 is 2.47 bits per heavy atom. The number of carbonyl (C=O) groups excluding carboxylic acids is 1. The zero-order valence-electron chi connectivity index (χ0n) is 9.93. The molecule has 0 unspecified atom stereocenters. The van der Waals surface area contributed by atoms with Gasteiger partial charge in [-0.3, -0.25) is 9.78 Å². The molecule has 1 atom stereocenters. The van der Waals surface area contributed by atoms with Crippen molar-refractivity contribution in [2.45, 2.75) is 19.4 Å². The first-order chi connectivity index (χ1) is 8.18. The number of hydrogen-bond donors (Lipinski definition) is 1. The van der Waals surface area contributed by atoms with Crippen molar-refractivity contribution in [2.24, 2.45) is 0 Å². The predicted octanol–water partition coefficient (Wildman–Crippen LogP) is 0.915. The summed E-state index contributed by atoms with van der Waals surface area (Å²) in [6.45, 7) is 3.98. The fourth-order valence-electron chi connectivity index (χ4n) is 1.93. The molecule has 1 aromatic rings. The molecule has 2 rings (SSSR count). The lowest BCUT2D eigenvalue weighted by Gasteiger charge is -2.22. The lowest BCUT2D eigenvalue weighted by molar-refractivity contribution is 0.0563. The fraction of sp³-hybridized carbons (Fsp3) is 0.500. The van der Waals surface area contributed by atoms with Crippen molar-refractivity contribution >= 4 is 11.6 Å². The molecule has 0 aromatic carbocycles. The zero-order chi connectivity index (χ0) is 12.3. The Labute approximate surface area is 101 Å².